The van der Waals surface area contributed by atoms with Crippen molar-refractivity contribution in [3.05, 3.63) is 24.2 Å². The Morgan fingerprint density at radius 3 is 2.61 bits per heavy atom. The summed E-state index contributed by atoms with van der Waals surface area (Å²) in [4.78, 5) is 23.9. The molecule has 1 saturated carbocycles. The predicted molar refractivity (Wildman–Crippen MR) is 65.5 cm³/mol. The van der Waals surface area contributed by atoms with Gasteiger partial charge in [-0.05, 0) is 31.4 Å². The van der Waals surface area contributed by atoms with E-state index in [2.05, 4.69) is 10.6 Å². The number of nitrogens with one attached hydrogen (secondary N) is 2. The van der Waals surface area contributed by atoms with Crippen LogP contribution in [0.3, 0.4) is 0 Å². The molecule has 1 heterocycles. The van der Waals surface area contributed by atoms with Crippen molar-refractivity contribution in [2.24, 2.45) is 5.41 Å². The van der Waals surface area contributed by atoms with Crippen molar-refractivity contribution < 1.29 is 14.0 Å². The Morgan fingerprint density at radius 2 is 2.06 bits per heavy atom. The fourth-order valence-electron chi connectivity index (χ4n) is 1.84. The van der Waals surface area contributed by atoms with Gasteiger partial charge in [-0.3, -0.25) is 9.59 Å². The maximum absolute atomic E-state index is 12.0. The van der Waals surface area contributed by atoms with Crippen LogP contribution in [0.5, 0.6) is 0 Å². The zero-order valence-electron chi connectivity index (χ0n) is 10.5. The first-order valence-corrected chi connectivity index (χ1v) is 6.28. The zero-order chi connectivity index (χ0) is 13.0. The van der Waals surface area contributed by atoms with Gasteiger partial charge in [0.25, 0.3) is 0 Å². The first kappa shape index (κ1) is 12.7. The highest BCUT2D eigenvalue weighted by molar-refractivity contribution is 6.07. The van der Waals surface area contributed by atoms with Gasteiger partial charge in [0.2, 0.25) is 11.8 Å². The molecular weight excluding hydrogens is 232 g/mol. The Bertz CT molecular complexity index is 421. The van der Waals surface area contributed by atoms with Crippen LogP contribution in [0, 0.1) is 5.41 Å². The largest absolute Gasteiger partial charge is 0.467 e. The van der Waals surface area contributed by atoms with E-state index in [4.69, 9.17) is 4.42 Å². The van der Waals surface area contributed by atoms with Gasteiger partial charge in [-0.15, -0.1) is 0 Å². The van der Waals surface area contributed by atoms with Crippen molar-refractivity contribution in [1.82, 2.24) is 10.6 Å². The van der Waals surface area contributed by atoms with E-state index in [9.17, 15) is 9.59 Å². The van der Waals surface area contributed by atoms with Crippen LogP contribution in [0.25, 0.3) is 0 Å². The molecule has 5 nitrogen and oxygen atoms in total. The maximum Gasteiger partial charge on any atom is 0.236 e. The smallest absolute Gasteiger partial charge is 0.236 e. The molecule has 0 radical (unpaired) electrons. The van der Waals surface area contributed by atoms with Crippen molar-refractivity contribution >= 4 is 11.8 Å². The van der Waals surface area contributed by atoms with Gasteiger partial charge in [0.1, 0.15) is 11.2 Å². The van der Waals surface area contributed by atoms with Crippen LogP contribution in [0.1, 0.15) is 31.9 Å². The van der Waals surface area contributed by atoms with Gasteiger partial charge in [-0.2, -0.15) is 0 Å². The first-order valence-electron chi connectivity index (χ1n) is 6.28. The molecule has 1 aliphatic rings. The lowest BCUT2D eigenvalue weighted by Gasteiger charge is -2.14. The van der Waals surface area contributed by atoms with Gasteiger partial charge in [0.15, 0.2) is 0 Å². The molecule has 2 N–H and O–H groups in total. The third kappa shape index (κ3) is 2.55. The van der Waals surface area contributed by atoms with E-state index in [-0.39, 0.29) is 11.8 Å². The van der Waals surface area contributed by atoms with Crippen LogP contribution in [-0.2, 0) is 16.1 Å². The Labute approximate surface area is 106 Å². The van der Waals surface area contributed by atoms with E-state index >= 15 is 0 Å². The first-order chi connectivity index (χ1) is 8.69. The molecule has 0 unspecified atom stereocenters. The summed E-state index contributed by atoms with van der Waals surface area (Å²) in [6.07, 6.45) is 3.69. The van der Waals surface area contributed by atoms with Gasteiger partial charge in [0.05, 0.1) is 12.8 Å². The molecule has 5 heteroatoms. The lowest BCUT2D eigenvalue weighted by atomic mass is 10.1. The summed E-state index contributed by atoms with van der Waals surface area (Å²) in [5.41, 5.74) is -0.832. The molecule has 0 aromatic carbocycles. The molecule has 1 aliphatic carbocycles. The Kier molecular flexibility index (Phi) is 3.69. The normalized spacial score (nSPS) is 16.1. The molecule has 2 rings (SSSR count). The maximum atomic E-state index is 12.0. The van der Waals surface area contributed by atoms with Gasteiger partial charge in [-0.25, -0.2) is 0 Å². The van der Waals surface area contributed by atoms with E-state index < -0.39 is 5.41 Å². The molecule has 18 heavy (non-hydrogen) atoms. The van der Waals surface area contributed by atoms with Gasteiger partial charge < -0.3 is 15.1 Å². The fraction of sp³-hybridized carbons (Fsp3) is 0.538. The van der Waals surface area contributed by atoms with Crippen LogP contribution >= 0.6 is 0 Å². The molecule has 2 amide bonds. The number of hydrogen-bond donors (Lipinski definition) is 2. The van der Waals surface area contributed by atoms with Crippen LogP contribution in [-0.4, -0.2) is 18.4 Å². The predicted octanol–water partition coefficient (Wildman–Crippen LogP) is 1.20. The average molecular weight is 250 g/mol. The molecule has 0 saturated heterocycles. The minimum atomic E-state index is -0.832. The second-order valence-corrected chi connectivity index (χ2v) is 4.60. The number of carbonyl (C=O) groups excluding carboxylic acids is 2. The molecular formula is C13H18N2O3. The van der Waals surface area contributed by atoms with E-state index in [1.807, 2.05) is 6.92 Å². The van der Waals surface area contributed by atoms with Gasteiger partial charge >= 0.3 is 0 Å². The Balaban J connectivity index is 1.86. The highest BCUT2D eigenvalue weighted by atomic mass is 16.3. The van der Waals surface area contributed by atoms with Crippen molar-refractivity contribution in [3.63, 3.8) is 0 Å². The number of amides is 2. The third-order valence-electron chi connectivity index (χ3n) is 3.16. The standard InChI is InChI=1S/C13H18N2O3/c1-2-7-14-11(16)13(5-6-13)12(17)15-9-10-4-3-8-18-10/h3-4,8H,2,5-7,9H2,1H3,(H,14,16)(H,15,17). The molecule has 0 bridgehead atoms. The molecule has 1 aromatic rings. The van der Waals surface area contributed by atoms with Gasteiger partial charge in [0, 0.05) is 6.54 Å². The zero-order valence-corrected chi connectivity index (χ0v) is 10.5. The second kappa shape index (κ2) is 5.25. The number of rotatable bonds is 6. The van der Waals surface area contributed by atoms with Crippen molar-refractivity contribution in [1.29, 1.82) is 0 Å². The van der Waals surface area contributed by atoms with Crippen LogP contribution < -0.4 is 10.6 Å². The van der Waals surface area contributed by atoms with E-state index in [0.717, 1.165) is 6.42 Å². The minimum absolute atomic E-state index is 0.152. The SMILES string of the molecule is CCCNC(=O)C1(C(=O)NCc2ccco2)CC1. The molecule has 0 aliphatic heterocycles. The summed E-state index contributed by atoms with van der Waals surface area (Å²) in [7, 11) is 0. The Hall–Kier alpha value is -1.78. The number of furan rings is 1. The summed E-state index contributed by atoms with van der Waals surface area (Å²) in [5, 5.41) is 5.54. The van der Waals surface area contributed by atoms with Crippen molar-refractivity contribution in [3.8, 4) is 0 Å². The third-order valence-corrected chi connectivity index (χ3v) is 3.16. The van der Waals surface area contributed by atoms with Crippen LogP contribution in [0.4, 0.5) is 0 Å². The summed E-state index contributed by atoms with van der Waals surface area (Å²) >= 11 is 0. The van der Waals surface area contributed by atoms with Crippen molar-refractivity contribution in [2.45, 2.75) is 32.7 Å². The fourth-order valence-corrected chi connectivity index (χ4v) is 1.84. The topological polar surface area (TPSA) is 71.3 Å². The second-order valence-electron chi connectivity index (χ2n) is 4.60. The van der Waals surface area contributed by atoms with Crippen molar-refractivity contribution in [2.75, 3.05) is 6.54 Å². The summed E-state index contributed by atoms with van der Waals surface area (Å²) in [5.74, 6) is 0.335. The van der Waals surface area contributed by atoms with E-state index in [1.54, 1.807) is 18.4 Å². The molecule has 0 atom stereocenters. The van der Waals surface area contributed by atoms with E-state index in [1.165, 1.54) is 0 Å². The lowest BCUT2D eigenvalue weighted by Crippen LogP contribution is -2.43. The molecule has 0 spiro atoms. The molecule has 98 valence electrons. The number of hydrogen-bond acceptors (Lipinski definition) is 3. The monoisotopic (exact) mass is 250 g/mol. The summed E-state index contributed by atoms with van der Waals surface area (Å²) in [6, 6.07) is 3.55. The molecule has 1 fully saturated rings. The van der Waals surface area contributed by atoms with Crippen LogP contribution in [0.2, 0.25) is 0 Å². The quantitative estimate of drug-likeness (QED) is 0.745. The van der Waals surface area contributed by atoms with E-state index in [0.29, 0.717) is 31.7 Å². The lowest BCUT2D eigenvalue weighted by molar-refractivity contribution is -0.137. The summed E-state index contributed by atoms with van der Waals surface area (Å²) in [6.45, 7) is 2.93. The number of carbonyl (C=O) groups is 2. The molecule has 1 aromatic heterocycles. The average Bonchev–Trinajstić information content (AvgIpc) is 3.03. The highest BCUT2D eigenvalue weighted by Crippen LogP contribution is 2.46. The van der Waals surface area contributed by atoms with Crippen LogP contribution in [0.15, 0.2) is 22.8 Å². The Morgan fingerprint density at radius 1 is 1.33 bits per heavy atom. The summed E-state index contributed by atoms with van der Waals surface area (Å²) < 4.78 is 5.13. The minimum Gasteiger partial charge on any atom is -0.467 e. The highest BCUT2D eigenvalue weighted by Gasteiger charge is 2.56. The van der Waals surface area contributed by atoms with Gasteiger partial charge in [-0.1, -0.05) is 6.92 Å².